The highest BCUT2D eigenvalue weighted by atomic mass is 16.5. The van der Waals surface area contributed by atoms with E-state index < -0.39 is 5.97 Å². The number of fused-ring (bicyclic) bond motifs is 1. The van der Waals surface area contributed by atoms with Gasteiger partial charge < -0.3 is 28.4 Å². The fourth-order valence-corrected chi connectivity index (χ4v) is 3.55. The van der Waals surface area contributed by atoms with Crippen LogP contribution in [-0.4, -0.2) is 56.8 Å². The Balaban J connectivity index is 1.85. The number of amides is 1. The van der Waals surface area contributed by atoms with E-state index >= 15 is 0 Å². The fourth-order valence-electron chi connectivity index (χ4n) is 3.55. The minimum Gasteiger partial charge on any atom is -0.493 e. The number of hydrogen-bond acceptors (Lipinski definition) is 6. The van der Waals surface area contributed by atoms with Crippen LogP contribution in [-0.2, 0) is 22.6 Å². The summed E-state index contributed by atoms with van der Waals surface area (Å²) in [5.74, 6) is 0.967. The molecule has 0 N–H and O–H groups in total. The van der Waals surface area contributed by atoms with Crippen LogP contribution in [0.5, 0.6) is 17.2 Å². The van der Waals surface area contributed by atoms with Crippen LogP contribution in [0.3, 0.4) is 0 Å². The molecule has 0 saturated heterocycles. The van der Waals surface area contributed by atoms with Gasteiger partial charge in [-0.1, -0.05) is 18.2 Å². The molecule has 1 amide bonds. The molecule has 0 aliphatic rings. The third kappa shape index (κ3) is 4.28. The van der Waals surface area contributed by atoms with Crippen LogP contribution >= 0.6 is 0 Å². The zero-order chi connectivity index (χ0) is 22.5. The Labute approximate surface area is 180 Å². The van der Waals surface area contributed by atoms with Gasteiger partial charge in [0.05, 0.1) is 34.0 Å². The molecule has 8 nitrogen and oxygen atoms in total. The highest BCUT2D eigenvalue weighted by Gasteiger charge is 2.21. The van der Waals surface area contributed by atoms with E-state index in [0.717, 1.165) is 16.5 Å². The number of para-hydroxylation sites is 1. The van der Waals surface area contributed by atoms with Crippen molar-refractivity contribution in [1.82, 2.24) is 9.47 Å². The van der Waals surface area contributed by atoms with Crippen molar-refractivity contribution in [3.63, 3.8) is 0 Å². The lowest BCUT2D eigenvalue weighted by Crippen LogP contribution is -2.29. The quantitative estimate of drug-likeness (QED) is 0.515. The summed E-state index contributed by atoms with van der Waals surface area (Å²) in [6.45, 7) is 0.384. The van der Waals surface area contributed by atoms with Gasteiger partial charge in [0.15, 0.2) is 11.5 Å². The molecule has 0 spiro atoms. The van der Waals surface area contributed by atoms with Crippen LogP contribution in [0.15, 0.2) is 42.6 Å². The van der Waals surface area contributed by atoms with Gasteiger partial charge >= 0.3 is 5.97 Å². The lowest BCUT2D eigenvalue weighted by atomic mass is 10.1. The average Bonchev–Trinajstić information content (AvgIpc) is 3.16. The van der Waals surface area contributed by atoms with Crippen molar-refractivity contribution in [3.8, 4) is 17.2 Å². The molecule has 0 fully saturated rings. The van der Waals surface area contributed by atoms with Crippen LogP contribution in [0.2, 0.25) is 0 Å². The molecule has 1 aromatic heterocycles. The molecule has 0 atom stereocenters. The van der Waals surface area contributed by atoms with Gasteiger partial charge in [-0.15, -0.1) is 0 Å². The van der Waals surface area contributed by atoms with Crippen LogP contribution in [0, 0.1) is 0 Å². The molecule has 164 valence electrons. The zero-order valence-electron chi connectivity index (χ0n) is 18.3. The molecule has 31 heavy (non-hydrogen) atoms. The highest BCUT2D eigenvalue weighted by Crippen LogP contribution is 2.40. The second-order valence-electron chi connectivity index (χ2n) is 6.92. The molecule has 3 rings (SSSR count). The molecular weight excluding hydrogens is 400 g/mol. The van der Waals surface area contributed by atoms with Gasteiger partial charge in [0.1, 0.15) is 6.54 Å². The summed E-state index contributed by atoms with van der Waals surface area (Å²) >= 11 is 0. The van der Waals surface area contributed by atoms with Gasteiger partial charge in [-0.3, -0.25) is 4.79 Å². The summed E-state index contributed by atoms with van der Waals surface area (Å²) in [6, 6.07) is 11.0. The molecule has 0 saturated carbocycles. The average molecular weight is 426 g/mol. The number of likely N-dealkylation sites (N-methyl/N-ethyl adjacent to an activating group) is 1. The van der Waals surface area contributed by atoms with Crippen LogP contribution in [0.1, 0.15) is 15.9 Å². The Morgan fingerprint density at radius 2 is 1.65 bits per heavy atom. The summed E-state index contributed by atoms with van der Waals surface area (Å²) < 4.78 is 22.9. The zero-order valence-corrected chi connectivity index (χ0v) is 18.3. The summed E-state index contributed by atoms with van der Waals surface area (Å²) in [5, 5.41) is 0.742. The maximum atomic E-state index is 13.0. The number of carbonyl (C=O) groups is 2. The number of aromatic nitrogens is 1. The van der Waals surface area contributed by atoms with Crippen molar-refractivity contribution in [3.05, 3.63) is 53.7 Å². The minimum atomic E-state index is -0.439. The summed E-state index contributed by atoms with van der Waals surface area (Å²) in [4.78, 5) is 26.7. The monoisotopic (exact) mass is 426 g/mol. The lowest BCUT2D eigenvalue weighted by Gasteiger charge is -2.21. The fraction of sp³-hybridized carbons (Fsp3) is 0.304. The molecule has 0 aliphatic heterocycles. The van der Waals surface area contributed by atoms with E-state index in [-0.39, 0.29) is 12.5 Å². The molecule has 8 heteroatoms. The number of carbonyl (C=O) groups excluding carboxylic acids is 2. The van der Waals surface area contributed by atoms with E-state index in [2.05, 4.69) is 0 Å². The van der Waals surface area contributed by atoms with Gasteiger partial charge in [-0.25, -0.2) is 4.79 Å². The second kappa shape index (κ2) is 9.42. The van der Waals surface area contributed by atoms with Crippen molar-refractivity contribution in [2.24, 2.45) is 0 Å². The Bertz CT molecular complexity index is 1100. The first-order chi connectivity index (χ1) is 14.9. The molecule has 1 heterocycles. The van der Waals surface area contributed by atoms with Crippen LogP contribution in [0.25, 0.3) is 10.9 Å². The Hall–Kier alpha value is -3.68. The van der Waals surface area contributed by atoms with Gasteiger partial charge in [0.25, 0.3) is 0 Å². The predicted molar refractivity (Wildman–Crippen MR) is 116 cm³/mol. The Morgan fingerprint density at radius 1 is 0.935 bits per heavy atom. The van der Waals surface area contributed by atoms with Crippen LogP contribution in [0.4, 0.5) is 0 Å². The number of rotatable bonds is 8. The predicted octanol–water partition coefficient (Wildman–Crippen LogP) is 3.11. The SMILES string of the molecule is COC(=O)c1cn(CC(=O)N(C)Cc2ccc(OC)c(OC)c2OC)c2ccccc12. The molecule has 0 bridgehead atoms. The Morgan fingerprint density at radius 3 is 2.29 bits per heavy atom. The van der Waals surface area contributed by atoms with Crippen molar-refractivity contribution in [2.45, 2.75) is 13.1 Å². The maximum Gasteiger partial charge on any atom is 0.340 e. The largest absolute Gasteiger partial charge is 0.493 e. The molecule has 0 radical (unpaired) electrons. The minimum absolute atomic E-state index is 0.0730. The van der Waals surface area contributed by atoms with E-state index in [1.165, 1.54) is 14.2 Å². The van der Waals surface area contributed by atoms with E-state index in [4.69, 9.17) is 18.9 Å². The summed E-state index contributed by atoms with van der Waals surface area (Å²) in [6.07, 6.45) is 1.65. The number of benzene rings is 2. The smallest absolute Gasteiger partial charge is 0.340 e. The van der Waals surface area contributed by atoms with Crippen molar-refractivity contribution in [1.29, 1.82) is 0 Å². The van der Waals surface area contributed by atoms with Gasteiger partial charge in [-0.2, -0.15) is 0 Å². The van der Waals surface area contributed by atoms with E-state index in [1.54, 1.807) is 43.0 Å². The van der Waals surface area contributed by atoms with Crippen molar-refractivity contribution in [2.75, 3.05) is 35.5 Å². The Kier molecular flexibility index (Phi) is 6.69. The van der Waals surface area contributed by atoms with Crippen molar-refractivity contribution >= 4 is 22.8 Å². The third-order valence-electron chi connectivity index (χ3n) is 5.12. The van der Waals surface area contributed by atoms with Gasteiger partial charge in [0, 0.05) is 36.3 Å². The van der Waals surface area contributed by atoms with Crippen LogP contribution < -0.4 is 14.2 Å². The van der Waals surface area contributed by atoms with Gasteiger partial charge in [0.2, 0.25) is 11.7 Å². The summed E-state index contributed by atoms with van der Waals surface area (Å²) in [7, 11) is 7.68. The highest BCUT2D eigenvalue weighted by molar-refractivity contribution is 6.04. The number of ether oxygens (including phenoxy) is 4. The third-order valence-corrected chi connectivity index (χ3v) is 5.12. The second-order valence-corrected chi connectivity index (χ2v) is 6.92. The standard InChI is InChI=1S/C23H26N2O6/c1-24(12-15-10-11-19(28-2)22(30-4)21(15)29-3)20(26)14-25-13-17(23(27)31-5)16-8-6-7-9-18(16)25/h6-11,13H,12,14H2,1-5H3. The molecular formula is C23H26N2O6. The van der Waals surface area contributed by atoms with E-state index in [0.29, 0.717) is 29.4 Å². The number of nitrogens with zero attached hydrogens (tertiary/aromatic N) is 2. The number of esters is 1. The lowest BCUT2D eigenvalue weighted by molar-refractivity contribution is -0.131. The van der Waals surface area contributed by atoms with E-state index in [9.17, 15) is 9.59 Å². The summed E-state index contributed by atoms with van der Waals surface area (Å²) in [5.41, 5.74) is 1.99. The maximum absolute atomic E-state index is 13.0. The first-order valence-corrected chi connectivity index (χ1v) is 9.63. The first-order valence-electron chi connectivity index (χ1n) is 9.63. The number of methoxy groups -OCH3 is 4. The molecule has 3 aromatic rings. The van der Waals surface area contributed by atoms with Gasteiger partial charge in [-0.05, 0) is 18.2 Å². The van der Waals surface area contributed by atoms with E-state index in [1.807, 2.05) is 30.3 Å². The topological polar surface area (TPSA) is 79.2 Å². The van der Waals surface area contributed by atoms with Crippen molar-refractivity contribution < 1.29 is 28.5 Å². The molecule has 0 unspecified atom stereocenters. The number of hydrogen-bond donors (Lipinski definition) is 0. The molecule has 0 aliphatic carbocycles. The molecule has 2 aromatic carbocycles. The first kappa shape index (κ1) is 22.0. The normalized spacial score (nSPS) is 10.6.